The normalized spacial score (nSPS) is 21.8. The first-order valence-electron chi connectivity index (χ1n) is 19.2. The number of carbonyl (C=O) groups is 2. The zero-order valence-electron chi connectivity index (χ0n) is 30.8. The van der Waals surface area contributed by atoms with E-state index in [1.807, 2.05) is 0 Å². The molecule has 1 saturated heterocycles. The van der Waals surface area contributed by atoms with E-state index in [2.05, 4.69) is 26.0 Å². The summed E-state index contributed by atoms with van der Waals surface area (Å²) in [5.74, 6) is -1.99. The number of hydrogen-bond acceptors (Lipinski definition) is 11. The van der Waals surface area contributed by atoms with Gasteiger partial charge in [0, 0.05) is 12.8 Å². The van der Waals surface area contributed by atoms with Crippen LogP contribution in [0.25, 0.3) is 0 Å². The molecule has 1 aliphatic rings. The van der Waals surface area contributed by atoms with Crippen LogP contribution in [0.2, 0.25) is 0 Å². The highest BCUT2D eigenvalue weighted by atomic mass is 32.2. The van der Waals surface area contributed by atoms with Crippen LogP contribution in [0.4, 0.5) is 0 Å². The summed E-state index contributed by atoms with van der Waals surface area (Å²) in [6.07, 6.45) is 17.1. The van der Waals surface area contributed by atoms with Crippen LogP contribution in [0, 0.1) is 0 Å². The van der Waals surface area contributed by atoms with Gasteiger partial charge in [0.2, 0.25) is 0 Å². The number of ether oxygens (including phenoxy) is 4. The van der Waals surface area contributed by atoms with Gasteiger partial charge in [-0.3, -0.25) is 14.1 Å². The smallest absolute Gasteiger partial charge is 0.306 e. The van der Waals surface area contributed by atoms with Gasteiger partial charge in [-0.2, -0.15) is 8.42 Å². The Kier molecular flexibility index (Phi) is 26.8. The highest BCUT2D eigenvalue weighted by Crippen LogP contribution is 2.24. The first-order valence-corrected chi connectivity index (χ1v) is 20.9. The molecule has 1 fully saturated rings. The molecule has 0 aromatic rings. The summed E-state index contributed by atoms with van der Waals surface area (Å²) in [6, 6.07) is 0. The quantitative estimate of drug-likeness (QED) is 0.0269. The molecule has 1 rings (SSSR count). The molecule has 0 saturated carbocycles. The fraction of sp³-hybridized carbons (Fsp3) is 0.892. The molecule has 1 heterocycles. The molecule has 13 heteroatoms. The van der Waals surface area contributed by atoms with Crippen LogP contribution >= 0.6 is 0 Å². The molecule has 0 aliphatic carbocycles. The van der Waals surface area contributed by atoms with Crippen LogP contribution in [0.3, 0.4) is 0 Å². The van der Waals surface area contributed by atoms with Crippen molar-refractivity contribution >= 4 is 22.1 Å². The minimum atomic E-state index is -4.59. The third kappa shape index (κ3) is 23.8. The SMILES string of the molecule is CCCC/C=C\CCCCCCCC(=O)OC(COC(=O)CCCCCCCCCCCCC)COC1OC(CS(=O)(=O)O)C(O)C(O)C1O. The molecule has 12 nitrogen and oxygen atoms in total. The van der Waals surface area contributed by atoms with Crippen molar-refractivity contribution in [2.75, 3.05) is 19.0 Å². The number of allylic oxidation sites excluding steroid dienone is 2. The number of carbonyl (C=O) groups excluding carboxylic acids is 2. The van der Waals surface area contributed by atoms with E-state index in [0.717, 1.165) is 57.8 Å². The van der Waals surface area contributed by atoms with Crippen molar-refractivity contribution < 1.29 is 56.8 Å². The van der Waals surface area contributed by atoms with Crippen molar-refractivity contribution in [3.63, 3.8) is 0 Å². The second kappa shape index (κ2) is 28.9. The molecule has 0 spiro atoms. The molecule has 0 radical (unpaired) electrons. The molecule has 50 heavy (non-hydrogen) atoms. The molecule has 1 aliphatic heterocycles. The van der Waals surface area contributed by atoms with Gasteiger partial charge in [-0.05, 0) is 32.1 Å². The molecule has 6 unspecified atom stereocenters. The maximum absolute atomic E-state index is 12.7. The molecule has 0 aromatic heterocycles. The number of hydrogen-bond donors (Lipinski definition) is 4. The van der Waals surface area contributed by atoms with Crippen LogP contribution in [0.5, 0.6) is 0 Å². The van der Waals surface area contributed by atoms with E-state index >= 15 is 0 Å². The summed E-state index contributed by atoms with van der Waals surface area (Å²) >= 11 is 0. The van der Waals surface area contributed by atoms with Crippen LogP contribution < -0.4 is 0 Å². The predicted octanol–water partition coefficient (Wildman–Crippen LogP) is 6.33. The van der Waals surface area contributed by atoms with Crippen LogP contribution in [0.15, 0.2) is 12.2 Å². The number of unbranched alkanes of at least 4 members (excludes halogenated alkanes) is 17. The lowest BCUT2D eigenvalue weighted by Gasteiger charge is -2.40. The maximum atomic E-state index is 12.7. The zero-order valence-corrected chi connectivity index (χ0v) is 31.6. The summed E-state index contributed by atoms with van der Waals surface area (Å²) in [7, 11) is -4.59. The van der Waals surface area contributed by atoms with Gasteiger partial charge in [0.15, 0.2) is 12.4 Å². The monoisotopic (exact) mass is 736 g/mol. The van der Waals surface area contributed by atoms with Crippen molar-refractivity contribution in [3.05, 3.63) is 12.2 Å². The molecule has 0 amide bonds. The van der Waals surface area contributed by atoms with Gasteiger partial charge in [-0.1, -0.05) is 122 Å². The average molecular weight is 737 g/mol. The van der Waals surface area contributed by atoms with Gasteiger partial charge in [-0.25, -0.2) is 0 Å². The van der Waals surface area contributed by atoms with Gasteiger partial charge in [0.05, 0.1) is 6.61 Å². The largest absolute Gasteiger partial charge is 0.462 e. The van der Waals surface area contributed by atoms with Crippen LogP contribution in [-0.4, -0.2) is 96.0 Å². The first kappa shape index (κ1) is 46.4. The number of aliphatic hydroxyl groups excluding tert-OH is 3. The van der Waals surface area contributed by atoms with Crippen LogP contribution in [0.1, 0.15) is 155 Å². The van der Waals surface area contributed by atoms with Crippen molar-refractivity contribution in [2.24, 2.45) is 0 Å². The topological polar surface area (TPSA) is 186 Å². The first-order chi connectivity index (χ1) is 24.0. The second-order valence-electron chi connectivity index (χ2n) is 13.6. The van der Waals surface area contributed by atoms with E-state index in [4.69, 9.17) is 18.9 Å². The van der Waals surface area contributed by atoms with Gasteiger partial charge in [0.1, 0.15) is 36.8 Å². The zero-order chi connectivity index (χ0) is 37.0. The summed E-state index contributed by atoms with van der Waals surface area (Å²) in [6.45, 7) is 3.67. The lowest BCUT2D eigenvalue weighted by atomic mass is 10.00. The Morgan fingerprint density at radius 2 is 1.16 bits per heavy atom. The summed E-state index contributed by atoms with van der Waals surface area (Å²) < 4.78 is 53.7. The van der Waals surface area contributed by atoms with E-state index in [9.17, 15) is 37.9 Å². The number of esters is 2. The molecule has 4 N–H and O–H groups in total. The molecule has 6 atom stereocenters. The summed E-state index contributed by atoms with van der Waals surface area (Å²) in [4.78, 5) is 25.2. The van der Waals surface area contributed by atoms with Gasteiger partial charge < -0.3 is 34.3 Å². The average Bonchev–Trinajstić information content (AvgIpc) is 3.07. The van der Waals surface area contributed by atoms with E-state index in [0.29, 0.717) is 12.8 Å². The van der Waals surface area contributed by atoms with Gasteiger partial charge >= 0.3 is 11.9 Å². The minimum Gasteiger partial charge on any atom is -0.462 e. The molecule has 0 bridgehead atoms. The standard InChI is InChI=1S/C37H68O12S/c1-3-5-7-9-11-13-15-17-19-21-23-25-32(38)46-27-30(48-33(39)26-24-22-20-18-16-14-12-10-8-6-4-2)28-47-37-36(42)35(41)34(40)31(49-37)29-50(43,44)45/h10,12,30-31,34-37,40-42H,3-9,11,13-29H2,1-2H3,(H,43,44,45)/b12-10-. The van der Waals surface area contributed by atoms with Gasteiger partial charge in [0.25, 0.3) is 10.1 Å². The predicted molar refractivity (Wildman–Crippen MR) is 192 cm³/mol. The van der Waals surface area contributed by atoms with Crippen LogP contribution in [-0.2, 0) is 38.7 Å². The van der Waals surface area contributed by atoms with Gasteiger partial charge in [-0.15, -0.1) is 0 Å². The second-order valence-corrected chi connectivity index (χ2v) is 15.1. The number of aliphatic hydroxyl groups is 3. The Hall–Kier alpha value is -1.61. The fourth-order valence-electron chi connectivity index (χ4n) is 5.77. The third-order valence-electron chi connectivity index (χ3n) is 8.85. The Morgan fingerprint density at radius 3 is 1.72 bits per heavy atom. The van der Waals surface area contributed by atoms with E-state index < -0.39 is 71.2 Å². The Labute approximate surface area is 301 Å². The maximum Gasteiger partial charge on any atom is 0.306 e. The van der Waals surface area contributed by atoms with E-state index in [-0.39, 0.29) is 19.4 Å². The van der Waals surface area contributed by atoms with E-state index in [1.54, 1.807) is 0 Å². The Balaban J connectivity index is 2.54. The molecule has 0 aromatic carbocycles. The van der Waals surface area contributed by atoms with Crippen molar-refractivity contribution in [1.29, 1.82) is 0 Å². The fourth-order valence-corrected chi connectivity index (χ4v) is 6.46. The van der Waals surface area contributed by atoms with Crippen molar-refractivity contribution in [2.45, 2.75) is 192 Å². The lowest BCUT2D eigenvalue weighted by Crippen LogP contribution is -2.60. The Bertz CT molecular complexity index is 1000. The van der Waals surface area contributed by atoms with Crippen molar-refractivity contribution in [3.8, 4) is 0 Å². The minimum absolute atomic E-state index is 0.157. The molecular formula is C37H68O12S. The summed E-state index contributed by atoms with van der Waals surface area (Å²) in [5, 5.41) is 30.7. The van der Waals surface area contributed by atoms with E-state index in [1.165, 1.54) is 57.8 Å². The number of rotatable bonds is 31. The van der Waals surface area contributed by atoms with Crippen molar-refractivity contribution in [1.82, 2.24) is 0 Å². The highest BCUT2D eigenvalue weighted by molar-refractivity contribution is 7.85. The highest BCUT2D eigenvalue weighted by Gasteiger charge is 2.46. The third-order valence-corrected chi connectivity index (χ3v) is 9.60. The Morgan fingerprint density at radius 1 is 0.660 bits per heavy atom. The molecule has 294 valence electrons. The molecular weight excluding hydrogens is 668 g/mol. The summed E-state index contributed by atoms with van der Waals surface area (Å²) in [5.41, 5.74) is 0. The lowest BCUT2D eigenvalue weighted by molar-refractivity contribution is -0.297.